The monoisotopic (exact) mass is 348 g/mol. The number of fused-ring (bicyclic) bond motifs is 1. The molecule has 0 saturated carbocycles. The van der Waals surface area contributed by atoms with E-state index in [1.54, 1.807) is 11.3 Å². The second kappa shape index (κ2) is 7.51. The molecule has 6 heteroatoms. The second-order valence-corrected chi connectivity index (χ2v) is 7.10. The predicted octanol–water partition coefficient (Wildman–Crippen LogP) is 3.62. The first kappa shape index (κ1) is 17.2. The molecule has 1 aromatic heterocycles. The van der Waals surface area contributed by atoms with Gasteiger partial charge < -0.3 is 19.5 Å². The Hall–Kier alpha value is -1.63. The summed E-state index contributed by atoms with van der Waals surface area (Å²) in [5, 5.41) is 11.1. The molecule has 0 radical (unpaired) electrons. The SMILES string of the molecule is CCOCOc1cc(N(C)C)ccc1-c1nc2c(s1)C(O)CCC2. The fourth-order valence-electron chi connectivity index (χ4n) is 2.79. The molecule has 1 unspecified atom stereocenters. The Bertz CT molecular complexity index is 700. The number of nitrogens with zero attached hydrogens (tertiary/aromatic N) is 2. The Morgan fingerprint density at radius 1 is 1.38 bits per heavy atom. The third-order valence-corrected chi connectivity index (χ3v) is 5.37. The van der Waals surface area contributed by atoms with E-state index in [9.17, 15) is 5.11 Å². The topological polar surface area (TPSA) is 54.8 Å². The van der Waals surface area contributed by atoms with Gasteiger partial charge in [-0.1, -0.05) is 0 Å². The molecule has 5 nitrogen and oxygen atoms in total. The number of aryl methyl sites for hydroxylation is 1. The minimum atomic E-state index is -0.381. The molecule has 0 amide bonds. The van der Waals surface area contributed by atoms with Gasteiger partial charge in [0, 0.05) is 32.5 Å². The van der Waals surface area contributed by atoms with Gasteiger partial charge in [0.25, 0.3) is 0 Å². The van der Waals surface area contributed by atoms with Crippen molar-refractivity contribution in [2.45, 2.75) is 32.3 Å². The van der Waals surface area contributed by atoms with Crippen LogP contribution in [-0.4, -0.2) is 37.6 Å². The number of aliphatic hydroxyl groups is 1. The van der Waals surface area contributed by atoms with Gasteiger partial charge in [0.2, 0.25) is 0 Å². The zero-order chi connectivity index (χ0) is 17.1. The highest BCUT2D eigenvalue weighted by Gasteiger charge is 2.24. The smallest absolute Gasteiger partial charge is 0.189 e. The maximum Gasteiger partial charge on any atom is 0.189 e. The van der Waals surface area contributed by atoms with Crippen molar-refractivity contribution in [1.82, 2.24) is 4.98 Å². The van der Waals surface area contributed by atoms with Gasteiger partial charge in [0.15, 0.2) is 6.79 Å². The maximum absolute atomic E-state index is 10.2. The third kappa shape index (κ3) is 3.55. The largest absolute Gasteiger partial charge is 0.467 e. The quantitative estimate of drug-likeness (QED) is 0.638. The molecular formula is C18H24N2O3S. The van der Waals surface area contributed by atoms with Crippen molar-refractivity contribution in [3.05, 3.63) is 28.8 Å². The molecule has 1 N–H and O–H groups in total. The Balaban J connectivity index is 1.96. The van der Waals surface area contributed by atoms with Gasteiger partial charge in [0.05, 0.1) is 22.2 Å². The number of aliphatic hydroxyl groups excluding tert-OH is 1. The van der Waals surface area contributed by atoms with Crippen molar-refractivity contribution in [2.24, 2.45) is 0 Å². The van der Waals surface area contributed by atoms with Crippen molar-refractivity contribution in [2.75, 3.05) is 32.4 Å². The summed E-state index contributed by atoms with van der Waals surface area (Å²) in [7, 11) is 4.00. The maximum atomic E-state index is 10.2. The van der Waals surface area contributed by atoms with Crippen molar-refractivity contribution < 1.29 is 14.6 Å². The molecule has 24 heavy (non-hydrogen) atoms. The van der Waals surface area contributed by atoms with Gasteiger partial charge in [-0.25, -0.2) is 4.98 Å². The summed E-state index contributed by atoms with van der Waals surface area (Å²) in [6.07, 6.45) is 2.37. The van der Waals surface area contributed by atoms with Crippen LogP contribution in [0.15, 0.2) is 18.2 Å². The molecule has 130 valence electrons. The molecule has 0 bridgehead atoms. The van der Waals surface area contributed by atoms with Gasteiger partial charge in [-0.2, -0.15) is 0 Å². The molecule has 1 aromatic carbocycles. The average Bonchev–Trinajstić information content (AvgIpc) is 3.00. The standard InChI is InChI=1S/C18H24N2O3S/c1-4-22-11-23-16-10-12(20(2)3)8-9-13(16)18-19-14-6-5-7-15(21)17(14)24-18/h8-10,15,21H,4-7,11H2,1-3H3. The summed E-state index contributed by atoms with van der Waals surface area (Å²) in [6.45, 7) is 2.77. The number of thiazole rings is 1. The lowest BCUT2D eigenvalue weighted by Crippen LogP contribution is -2.09. The molecule has 0 spiro atoms. The van der Waals surface area contributed by atoms with E-state index in [0.29, 0.717) is 6.61 Å². The van der Waals surface area contributed by atoms with Crippen molar-refractivity contribution in [1.29, 1.82) is 0 Å². The highest BCUT2D eigenvalue weighted by molar-refractivity contribution is 7.15. The predicted molar refractivity (Wildman–Crippen MR) is 96.9 cm³/mol. The Labute approximate surface area is 146 Å². The normalized spacial score (nSPS) is 16.8. The fourth-order valence-corrected chi connectivity index (χ4v) is 3.95. The zero-order valence-electron chi connectivity index (χ0n) is 14.4. The van der Waals surface area contributed by atoms with Crippen LogP contribution in [0.3, 0.4) is 0 Å². The Morgan fingerprint density at radius 2 is 2.21 bits per heavy atom. The summed E-state index contributed by atoms with van der Waals surface area (Å²) in [5.41, 5.74) is 3.04. The van der Waals surface area contributed by atoms with E-state index in [0.717, 1.165) is 51.8 Å². The number of aromatic nitrogens is 1. The number of ether oxygens (including phenoxy) is 2. The summed E-state index contributed by atoms with van der Waals surface area (Å²) in [5.74, 6) is 0.759. The third-order valence-electron chi connectivity index (χ3n) is 4.14. The summed E-state index contributed by atoms with van der Waals surface area (Å²) >= 11 is 1.57. The second-order valence-electron chi connectivity index (χ2n) is 6.07. The van der Waals surface area contributed by atoms with E-state index >= 15 is 0 Å². The molecule has 3 rings (SSSR count). The van der Waals surface area contributed by atoms with Crippen LogP contribution in [0.4, 0.5) is 5.69 Å². The van der Waals surface area contributed by atoms with Crippen LogP contribution in [0, 0.1) is 0 Å². The van der Waals surface area contributed by atoms with Crippen molar-refractivity contribution in [3.63, 3.8) is 0 Å². The lowest BCUT2D eigenvalue weighted by atomic mass is 10.0. The fraction of sp³-hybridized carbons (Fsp3) is 0.500. The van der Waals surface area contributed by atoms with Crippen LogP contribution in [0.2, 0.25) is 0 Å². The van der Waals surface area contributed by atoms with Crippen LogP contribution in [0.1, 0.15) is 36.4 Å². The van der Waals surface area contributed by atoms with Gasteiger partial charge in [-0.15, -0.1) is 11.3 Å². The highest BCUT2D eigenvalue weighted by atomic mass is 32.1. The molecule has 0 aliphatic heterocycles. The van der Waals surface area contributed by atoms with Gasteiger partial charge in [-0.3, -0.25) is 0 Å². The van der Waals surface area contributed by atoms with Crippen LogP contribution in [0.5, 0.6) is 5.75 Å². The highest BCUT2D eigenvalue weighted by Crippen LogP contribution is 2.41. The first-order valence-electron chi connectivity index (χ1n) is 8.30. The van der Waals surface area contributed by atoms with E-state index in [-0.39, 0.29) is 12.9 Å². The summed E-state index contributed by atoms with van der Waals surface area (Å²) < 4.78 is 11.2. The zero-order valence-corrected chi connectivity index (χ0v) is 15.2. The molecular weight excluding hydrogens is 324 g/mol. The lowest BCUT2D eigenvalue weighted by molar-refractivity contribution is 0.0228. The van der Waals surface area contributed by atoms with E-state index in [2.05, 4.69) is 6.07 Å². The number of rotatable bonds is 6. The number of hydrogen-bond donors (Lipinski definition) is 1. The van der Waals surface area contributed by atoms with Gasteiger partial charge in [-0.05, 0) is 38.3 Å². The molecule has 2 aromatic rings. The molecule has 1 heterocycles. The number of hydrogen-bond acceptors (Lipinski definition) is 6. The molecule has 1 aliphatic carbocycles. The molecule has 0 fully saturated rings. The van der Waals surface area contributed by atoms with Crippen LogP contribution in [0.25, 0.3) is 10.6 Å². The summed E-state index contributed by atoms with van der Waals surface area (Å²) in [6, 6.07) is 6.10. The van der Waals surface area contributed by atoms with Gasteiger partial charge in [0.1, 0.15) is 10.8 Å². The Morgan fingerprint density at radius 3 is 2.92 bits per heavy atom. The van der Waals surface area contributed by atoms with Crippen LogP contribution >= 0.6 is 11.3 Å². The minimum Gasteiger partial charge on any atom is -0.467 e. The van der Waals surface area contributed by atoms with Gasteiger partial charge >= 0.3 is 0 Å². The van der Waals surface area contributed by atoms with Crippen LogP contribution in [-0.2, 0) is 11.2 Å². The minimum absolute atomic E-state index is 0.216. The van der Waals surface area contributed by atoms with Crippen LogP contribution < -0.4 is 9.64 Å². The first-order valence-corrected chi connectivity index (χ1v) is 9.11. The number of benzene rings is 1. The molecule has 1 atom stereocenters. The lowest BCUT2D eigenvalue weighted by Gasteiger charge is -2.16. The van der Waals surface area contributed by atoms with E-state index < -0.39 is 0 Å². The Kier molecular flexibility index (Phi) is 5.38. The van der Waals surface area contributed by atoms with E-state index in [4.69, 9.17) is 14.5 Å². The van der Waals surface area contributed by atoms with Crippen molar-refractivity contribution in [3.8, 4) is 16.3 Å². The van der Waals surface area contributed by atoms with E-state index in [1.807, 2.05) is 38.1 Å². The molecule has 1 aliphatic rings. The first-order chi connectivity index (χ1) is 11.6. The summed E-state index contributed by atoms with van der Waals surface area (Å²) in [4.78, 5) is 7.80. The van der Waals surface area contributed by atoms with E-state index in [1.165, 1.54) is 0 Å². The molecule has 0 saturated heterocycles. The number of anilines is 1. The van der Waals surface area contributed by atoms with Crippen molar-refractivity contribution >= 4 is 17.0 Å². The average molecular weight is 348 g/mol.